The molecule has 0 heterocycles. The van der Waals surface area contributed by atoms with E-state index in [0.29, 0.717) is 6.61 Å². The quantitative estimate of drug-likeness (QED) is 0.547. The highest BCUT2D eigenvalue weighted by atomic mass is 16.3. The molecule has 0 aliphatic heterocycles. The van der Waals surface area contributed by atoms with Gasteiger partial charge in [-0.2, -0.15) is 0 Å². The molecule has 2 aliphatic carbocycles. The fourth-order valence-electron chi connectivity index (χ4n) is 2.37. The number of hydrogen-bond acceptors (Lipinski definition) is 1. The first-order chi connectivity index (χ1) is 4.70. The van der Waals surface area contributed by atoms with Crippen molar-refractivity contribution in [2.75, 3.05) is 6.61 Å². The van der Waals surface area contributed by atoms with Gasteiger partial charge in [0.05, 0.1) is 6.61 Å². The maximum Gasteiger partial charge on any atom is 0.0527 e. The second-order valence-corrected chi connectivity index (χ2v) is 3.82. The third kappa shape index (κ3) is 0.523. The fraction of sp³-hybridized carbons (Fsp3) is 0.778. The number of aliphatic hydroxyl groups excluding tert-OH is 1. The van der Waals surface area contributed by atoms with Gasteiger partial charge in [-0.25, -0.2) is 0 Å². The number of hydrogen-bond donors (Lipinski definition) is 1. The average molecular weight is 138 g/mol. The first-order valence-electron chi connectivity index (χ1n) is 3.98. The molecule has 0 bridgehead atoms. The third-order valence-electron chi connectivity index (χ3n) is 3.45. The lowest BCUT2D eigenvalue weighted by atomic mass is 9.98. The minimum atomic E-state index is 0.268. The smallest absolute Gasteiger partial charge is 0.0527 e. The third-order valence-corrected chi connectivity index (χ3v) is 3.45. The molecule has 0 spiro atoms. The van der Waals surface area contributed by atoms with E-state index < -0.39 is 0 Å². The molecule has 1 fully saturated rings. The number of aliphatic hydroxyl groups is 1. The minimum Gasteiger partial charge on any atom is -0.395 e. The number of fused-ring (bicyclic) bond motifs is 1. The maximum atomic E-state index is 9.12. The first kappa shape index (κ1) is 6.41. The van der Waals surface area contributed by atoms with Gasteiger partial charge in [-0.1, -0.05) is 11.1 Å². The zero-order valence-electron chi connectivity index (χ0n) is 6.65. The zero-order valence-corrected chi connectivity index (χ0v) is 6.65. The summed E-state index contributed by atoms with van der Waals surface area (Å²) in [5.74, 6) is 0.803. The molecule has 0 aromatic carbocycles. The van der Waals surface area contributed by atoms with Gasteiger partial charge in [0.15, 0.2) is 0 Å². The van der Waals surface area contributed by atoms with Gasteiger partial charge in [0.1, 0.15) is 0 Å². The van der Waals surface area contributed by atoms with Gasteiger partial charge in [-0.05, 0) is 32.6 Å². The van der Waals surface area contributed by atoms with Crippen LogP contribution < -0.4 is 0 Å². The molecule has 0 amide bonds. The molecule has 2 rings (SSSR count). The van der Waals surface area contributed by atoms with Crippen LogP contribution in [0.2, 0.25) is 0 Å². The SMILES string of the molecule is CC1=C(C)[C@@]2(CO)C[C@H]2C1. The van der Waals surface area contributed by atoms with Crippen LogP contribution in [0.1, 0.15) is 26.7 Å². The van der Waals surface area contributed by atoms with Crippen molar-refractivity contribution in [1.29, 1.82) is 0 Å². The van der Waals surface area contributed by atoms with Crippen molar-refractivity contribution in [2.24, 2.45) is 11.3 Å². The molecule has 10 heavy (non-hydrogen) atoms. The van der Waals surface area contributed by atoms with Gasteiger partial charge in [0.25, 0.3) is 0 Å². The minimum absolute atomic E-state index is 0.268. The molecule has 2 aliphatic rings. The second kappa shape index (κ2) is 1.65. The molecule has 1 N–H and O–H groups in total. The Balaban J connectivity index is 2.31. The van der Waals surface area contributed by atoms with Gasteiger partial charge in [0.2, 0.25) is 0 Å². The van der Waals surface area contributed by atoms with Crippen LogP contribution in [-0.2, 0) is 0 Å². The summed E-state index contributed by atoms with van der Waals surface area (Å²) in [6.45, 7) is 4.75. The topological polar surface area (TPSA) is 20.2 Å². The zero-order chi connectivity index (χ0) is 7.35. The Morgan fingerprint density at radius 1 is 1.60 bits per heavy atom. The van der Waals surface area contributed by atoms with Crippen LogP contribution in [0, 0.1) is 11.3 Å². The van der Waals surface area contributed by atoms with Crippen LogP contribution in [0.25, 0.3) is 0 Å². The molecular formula is C9H14O. The molecule has 1 saturated carbocycles. The van der Waals surface area contributed by atoms with Gasteiger partial charge < -0.3 is 5.11 Å². The summed E-state index contributed by atoms with van der Waals surface area (Å²) in [5, 5.41) is 9.12. The Morgan fingerprint density at radius 2 is 2.30 bits per heavy atom. The summed E-state index contributed by atoms with van der Waals surface area (Å²) in [7, 11) is 0. The van der Waals surface area contributed by atoms with Crippen molar-refractivity contribution >= 4 is 0 Å². The van der Waals surface area contributed by atoms with E-state index in [0.717, 1.165) is 5.92 Å². The van der Waals surface area contributed by atoms with Gasteiger partial charge in [-0.3, -0.25) is 0 Å². The molecule has 56 valence electrons. The van der Waals surface area contributed by atoms with E-state index in [-0.39, 0.29) is 5.41 Å². The van der Waals surface area contributed by atoms with E-state index in [9.17, 15) is 0 Å². The van der Waals surface area contributed by atoms with Crippen molar-refractivity contribution in [1.82, 2.24) is 0 Å². The van der Waals surface area contributed by atoms with Crippen LogP contribution in [0.15, 0.2) is 11.1 Å². The molecule has 2 atom stereocenters. The maximum absolute atomic E-state index is 9.12. The molecule has 1 heteroatoms. The highest BCUT2D eigenvalue weighted by molar-refractivity contribution is 5.35. The average Bonchev–Trinajstić information content (AvgIpc) is 2.57. The van der Waals surface area contributed by atoms with Crippen LogP contribution in [0.3, 0.4) is 0 Å². The Hall–Kier alpha value is -0.300. The molecule has 0 unspecified atom stereocenters. The Bertz CT molecular complexity index is 201. The van der Waals surface area contributed by atoms with Gasteiger partial charge in [-0.15, -0.1) is 0 Å². The summed E-state index contributed by atoms with van der Waals surface area (Å²) in [4.78, 5) is 0. The Labute approximate surface area is 61.8 Å². The molecule has 0 aromatic heterocycles. The number of rotatable bonds is 1. The largest absolute Gasteiger partial charge is 0.395 e. The highest BCUT2D eigenvalue weighted by Crippen LogP contribution is 2.65. The predicted molar refractivity (Wildman–Crippen MR) is 40.6 cm³/mol. The summed E-state index contributed by atoms with van der Waals surface area (Å²) in [6, 6.07) is 0. The lowest BCUT2D eigenvalue weighted by Gasteiger charge is -2.10. The molecule has 0 radical (unpaired) electrons. The molecule has 0 saturated heterocycles. The van der Waals surface area contributed by atoms with Crippen LogP contribution in [0.4, 0.5) is 0 Å². The second-order valence-electron chi connectivity index (χ2n) is 3.82. The van der Waals surface area contributed by atoms with Crippen LogP contribution >= 0.6 is 0 Å². The van der Waals surface area contributed by atoms with Gasteiger partial charge in [0, 0.05) is 5.41 Å². The van der Waals surface area contributed by atoms with Crippen molar-refractivity contribution < 1.29 is 5.11 Å². The van der Waals surface area contributed by atoms with Crippen molar-refractivity contribution in [2.45, 2.75) is 26.7 Å². The standard InChI is InChI=1S/C9H14O/c1-6-3-8-4-9(8,5-10)7(6)2/h8,10H,3-5H2,1-2H3/t8-,9+/m1/s1. The number of allylic oxidation sites excluding steroid dienone is 1. The van der Waals surface area contributed by atoms with E-state index in [1.165, 1.54) is 24.0 Å². The van der Waals surface area contributed by atoms with Crippen molar-refractivity contribution in [3.8, 4) is 0 Å². The lowest BCUT2D eigenvalue weighted by molar-refractivity contribution is 0.228. The Kier molecular flexibility index (Phi) is 1.06. The van der Waals surface area contributed by atoms with E-state index in [4.69, 9.17) is 5.11 Å². The fourth-order valence-corrected chi connectivity index (χ4v) is 2.37. The molecule has 1 nitrogen and oxygen atoms in total. The van der Waals surface area contributed by atoms with E-state index >= 15 is 0 Å². The van der Waals surface area contributed by atoms with E-state index in [1.54, 1.807) is 0 Å². The van der Waals surface area contributed by atoms with Crippen molar-refractivity contribution in [3.05, 3.63) is 11.1 Å². The van der Waals surface area contributed by atoms with Crippen LogP contribution in [-0.4, -0.2) is 11.7 Å². The monoisotopic (exact) mass is 138 g/mol. The lowest BCUT2D eigenvalue weighted by Crippen LogP contribution is -2.07. The summed E-state index contributed by atoms with van der Waals surface area (Å²) >= 11 is 0. The normalized spacial score (nSPS) is 44.1. The summed E-state index contributed by atoms with van der Waals surface area (Å²) in [5.41, 5.74) is 3.26. The van der Waals surface area contributed by atoms with Crippen molar-refractivity contribution in [3.63, 3.8) is 0 Å². The molecule has 0 aromatic rings. The van der Waals surface area contributed by atoms with Crippen LogP contribution in [0.5, 0.6) is 0 Å². The summed E-state index contributed by atoms with van der Waals surface area (Å²) < 4.78 is 0. The molecular weight excluding hydrogens is 124 g/mol. The first-order valence-corrected chi connectivity index (χ1v) is 3.98. The van der Waals surface area contributed by atoms with E-state index in [2.05, 4.69) is 13.8 Å². The summed E-state index contributed by atoms with van der Waals surface area (Å²) in [6.07, 6.45) is 2.49. The Morgan fingerprint density at radius 3 is 2.60 bits per heavy atom. The van der Waals surface area contributed by atoms with E-state index in [1.807, 2.05) is 0 Å². The highest BCUT2D eigenvalue weighted by Gasteiger charge is 2.58. The predicted octanol–water partition coefficient (Wildman–Crippen LogP) is 1.73. The van der Waals surface area contributed by atoms with Gasteiger partial charge >= 0.3 is 0 Å².